The van der Waals surface area contributed by atoms with Gasteiger partial charge in [-0.3, -0.25) is 4.79 Å². The van der Waals surface area contributed by atoms with Crippen molar-refractivity contribution >= 4 is 29.2 Å². The third-order valence-corrected chi connectivity index (χ3v) is 3.25. The van der Waals surface area contributed by atoms with Crippen LogP contribution in [-0.4, -0.2) is 49.7 Å². The van der Waals surface area contributed by atoms with Crippen LogP contribution in [0.15, 0.2) is 18.2 Å². The molecule has 0 bridgehead atoms. The van der Waals surface area contributed by atoms with Crippen LogP contribution in [0.5, 0.6) is 0 Å². The van der Waals surface area contributed by atoms with Gasteiger partial charge in [-0.25, -0.2) is 4.79 Å². The normalized spacial score (nSPS) is 14.9. The van der Waals surface area contributed by atoms with Gasteiger partial charge in [-0.15, -0.1) is 0 Å². The highest BCUT2D eigenvalue weighted by Crippen LogP contribution is 2.20. The molecule has 2 N–H and O–H groups in total. The van der Waals surface area contributed by atoms with Crippen LogP contribution >= 0.6 is 11.6 Å². The van der Waals surface area contributed by atoms with E-state index in [0.717, 1.165) is 0 Å². The van der Waals surface area contributed by atoms with Crippen LogP contribution in [0, 0.1) is 0 Å². The van der Waals surface area contributed by atoms with Gasteiger partial charge >= 0.3 is 5.97 Å². The Hall–Kier alpha value is -1.79. The van der Waals surface area contributed by atoms with Crippen molar-refractivity contribution in [2.45, 2.75) is 0 Å². The Labute approximate surface area is 121 Å². The van der Waals surface area contributed by atoms with Crippen LogP contribution < -0.4 is 5.73 Å². The number of hydrogen-bond acceptors (Lipinski definition) is 5. The first-order valence-electron chi connectivity index (χ1n) is 6.15. The van der Waals surface area contributed by atoms with Crippen molar-refractivity contribution in [2.75, 3.05) is 38.6 Å². The SMILES string of the molecule is Nc1ccc(C(=O)OCC(=O)N2CCOCC2)cc1Cl. The molecule has 2 rings (SSSR count). The minimum Gasteiger partial charge on any atom is -0.452 e. The molecule has 1 saturated heterocycles. The number of nitrogens with two attached hydrogens (primary N) is 1. The van der Waals surface area contributed by atoms with E-state index in [1.807, 2.05) is 0 Å². The minimum absolute atomic E-state index is 0.233. The zero-order valence-corrected chi connectivity index (χ0v) is 11.6. The molecule has 1 aliphatic heterocycles. The number of halogens is 1. The van der Waals surface area contributed by atoms with Gasteiger partial charge in [-0.1, -0.05) is 11.6 Å². The third kappa shape index (κ3) is 3.61. The van der Waals surface area contributed by atoms with Crippen LogP contribution in [0.1, 0.15) is 10.4 Å². The van der Waals surface area contributed by atoms with Crippen molar-refractivity contribution < 1.29 is 19.1 Å². The van der Waals surface area contributed by atoms with E-state index in [4.69, 9.17) is 26.8 Å². The van der Waals surface area contributed by atoms with Crippen LogP contribution in [0.25, 0.3) is 0 Å². The van der Waals surface area contributed by atoms with Gasteiger partial charge in [0, 0.05) is 13.1 Å². The first kappa shape index (κ1) is 14.6. The lowest BCUT2D eigenvalue weighted by Crippen LogP contribution is -2.42. The molecule has 1 aliphatic rings. The number of nitrogen functional groups attached to an aromatic ring is 1. The number of anilines is 1. The summed E-state index contributed by atoms with van der Waals surface area (Å²) < 4.78 is 10.1. The van der Waals surface area contributed by atoms with Crippen LogP contribution in [0.2, 0.25) is 5.02 Å². The van der Waals surface area contributed by atoms with Crippen LogP contribution in [0.3, 0.4) is 0 Å². The molecule has 0 aromatic heterocycles. The topological polar surface area (TPSA) is 81.9 Å². The lowest BCUT2D eigenvalue weighted by Gasteiger charge is -2.26. The Morgan fingerprint density at radius 1 is 1.35 bits per heavy atom. The highest BCUT2D eigenvalue weighted by atomic mass is 35.5. The maximum absolute atomic E-state index is 11.8. The average Bonchev–Trinajstić information content (AvgIpc) is 2.48. The third-order valence-electron chi connectivity index (χ3n) is 2.93. The molecule has 1 aromatic rings. The molecule has 1 heterocycles. The summed E-state index contributed by atoms with van der Waals surface area (Å²) in [4.78, 5) is 25.2. The van der Waals surface area contributed by atoms with Crippen molar-refractivity contribution in [2.24, 2.45) is 0 Å². The number of rotatable bonds is 3. The summed E-state index contributed by atoms with van der Waals surface area (Å²) in [6, 6.07) is 4.43. The molecule has 0 radical (unpaired) electrons. The number of hydrogen-bond donors (Lipinski definition) is 1. The molecule has 1 fully saturated rings. The summed E-state index contributed by atoms with van der Waals surface area (Å²) in [5, 5.41) is 0.277. The van der Waals surface area contributed by atoms with Gasteiger partial charge in [0.15, 0.2) is 6.61 Å². The van der Waals surface area contributed by atoms with Gasteiger partial charge in [-0.05, 0) is 18.2 Å². The number of carbonyl (C=O) groups excluding carboxylic acids is 2. The monoisotopic (exact) mass is 298 g/mol. The molecule has 0 atom stereocenters. The molecule has 1 amide bonds. The summed E-state index contributed by atoms with van der Waals surface area (Å²) in [6.07, 6.45) is 0. The zero-order chi connectivity index (χ0) is 14.5. The Balaban J connectivity index is 1.88. The van der Waals surface area contributed by atoms with Crippen molar-refractivity contribution in [3.8, 4) is 0 Å². The van der Waals surface area contributed by atoms with Crippen molar-refractivity contribution in [1.29, 1.82) is 0 Å². The lowest BCUT2D eigenvalue weighted by molar-refractivity contribution is -0.138. The molecule has 1 aromatic carbocycles. The largest absolute Gasteiger partial charge is 0.452 e. The first-order valence-corrected chi connectivity index (χ1v) is 6.53. The predicted octanol–water partition coefficient (Wildman–Crippen LogP) is 0.938. The van der Waals surface area contributed by atoms with Gasteiger partial charge in [0.25, 0.3) is 5.91 Å². The molecule has 0 spiro atoms. The van der Waals surface area contributed by atoms with E-state index >= 15 is 0 Å². The Morgan fingerprint density at radius 3 is 2.70 bits per heavy atom. The van der Waals surface area contributed by atoms with E-state index in [1.165, 1.54) is 18.2 Å². The Kier molecular flexibility index (Phi) is 4.81. The Bertz CT molecular complexity index is 515. The van der Waals surface area contributed by atoms with Gasteiger partial charge in [0.1, 0.15) is 0 Å². The fraction of sp³-hybridized carbons (Fsp3) is 0.385. The number of carbonyl (C=O) groups is 2. The maximum atomic E-state index is 11.8. The minimum atomic E-state index is -0.603. The fourth-order valence-electron chi connectivity index (χ4n) is 1.77. The van der Waals surface area contributed by atoms with E-state index in [9.17, 15) is 9.59 Å². The molecule has 0 unspecified atom stereocenters. The standard InChI is InChI=1S/C13H15ClN2O4/c14-10-7-9(1-2-11(10)15)13(18)20-8-12(17)16-3-5-19-6-4-16/h1-2,7H,3-6,8,15H2. The van der Waals surface area contributed by atoms with Gasteiger partial charge in [0.2, 0.25) is 0 Å². The van der Waals surface area contributed by atoms with Crippen molar-refractivity contribution in [1.82, 2.24) is 4.90 Å². The summed E-state index contributed by atoms with van der Waals surface area (Å²) in [5.41, 5.74) is 6.20. The molecule has 6 nitrogen and oxygen atoms in total. The molecule has 0 saturated carbocycles. The van der Waals surface area contributed by atoms with E-state index < -0.39 is 5.97 Å². The van der Waals surface area contributed by atoms with E-state index in [2.05, 4.69) is 0 Å². The molecular formula is C13H15ClN2O4. The summed E-state index contributed by atoms with van der Waals surface area (Å²) >= 11 is 5.82. The highest BCUT2D eigenvalue weighted by molar-refractivity contribution is 6.33. The number of esters is 1. The zero-order valence-electron chi connectivity index (χ0n) is 10.8. The van der Waals surface area contributed by atoms with Gasteiger partial charge in [0.05, 0.1) is 29.5 Å². The van der Waals surface area contributed by atoms with Gasteiger partial charge in [-0.2, -0.15) is 0 Å². The van der Waals surface area contributed by atoms with Crippen LogP contribution in [0.4, 0.5) is 5.69 Å². The number of amides is 1. The number of nitrogens with zero attached hydrogens (tertiary/aromatic N) is 1. The highest BCUT2D eigenvalue weighted by Gasteiger charge is 2.19. The maximum Gasteiger partial charge on any atom is 0.338 e. The predicted molar refractivity (Wildman–Crippen MR) is 73.5 cm³/mol. The fourth-order valence-corrected chi connectivity index (χ4v) is 1.95. The number of ether oxygens (including phenoxy) is 2. The second-order valence-corrected chi connectivity index (χ2v) is 4.71. The smallest absolute Gasteiger partial charge is 0.338 e. The van der Waals surface area contributed by atoms with E-state index in [-0.39, 0.29) is 23.1 Å². The van der Waals surface area contributed by atoms with Crippen molar-refractivity contribution in [3.63, 3.8) is 0 Å². The molecule has 108 valence electrons. The molecular weight excluding hydrogens is 284 g/mol. The first-order chi connectivity index (χ1) is 9.58. The number of morpholine rings is 1. The molecule has 20 heavy (non-hydrogen) atoms. The van der Waals surface area contributed by atoms with Crippen molar-refractivity contribution in [3.05, 3.63) is 28.8 Å². The molecule has 0 aliphatic carbocycles. The average molecular weight is 299 g/mol. The van der Waals surface area contributed by atoms with Gasteiger partial charge < -0.3 is 20.1 Å². The lowest BCUT2D eigenvalue weighted by atomic mass is 10.2. The summed E-state index contributed by atoms with van der Waals surface area (Å²) in [7, 11) is 0. The second kappa shape index (κ2) is 6.58. The second-order valence-electron chi connectivity index (χ2n) is 4.31. The number of benzene rings is 1. The summed E-state index contributed by atoms with van der Waals surface area (Å²) in [5.74, 6) is -0.836. The van der Waals surface area contributed by atoms with Crippen LogP contribution in [-0.2, 0) is 14.3 Å². The van der Waals surface area contributed by atoms with E-state index in [1.54, 1.807) is 4.90 Å². The summed E-state index contributed by atoms with van der Waals surface area (Å²) in [6.45, 7) is 1.76. The molecule has 7 heteroatoms. The van der Waals surface area contributed by atoms with E-state index in [0.29, 0.717) is 32.0 Å². The Morgan fingerprint density at radius 2 is 2.05 bits per heavy atom. The quantitative estimate of drug-likeness (QED) is 0.663.